The van der Waals surface area contributed by atoms with E-state index in [2.05, 4.69) is 4.98 Å². The minimum absolute atomic E-state index is 0.00314. The Morgan fingerprint density at radius 3 is 2.90 bits per heavy atom. The summed E-state index contributed by atoms with van der Waals surface area (Å²) in [6.07, 6.45) is -1.58. The quantitative estimate of drug-likeness (QED) is 0.509. The van der Waals surface area contributed by atoms with Gasteiger partial charge in [0.25, 0.3) is 0 Å². The molecule has 0 unspecified atom stereocenters. The van der Waals surface area contributed by atoms with E-state index in [0.717, 1.165) is 4.57 Å². The number of ether oxygens (including phenoxy) is 2. The molecule has 1 aliphatic rings. The van der Waals surface area contributed by atoms with Crippen molar-refractivity contribution in [1.29, 1.82) is 0 Å². The lowest BCUT2D eigenvalue weighted by molar-refractivity contribution is -0.248. The van der Waals surface area contributed by atoms with Crippen LogP contribution in [0.25, 0.3) is 0 Å². The summed E-state index contributed by atoms with van der Waals surface area (Å²) < 4.78 is 22.4. The zero-order chi connectivity index (χ0) is 15.8. The fourth-order valence-corrected chi connectivity index (χ4v) is 2.38. The van der Waals surface area contributed by atoms with Crippen LogP contribution < -0.4 is 11.4 Å². The van der Waals surface area contributed by atoms with Gasteiger partial charge in [-0.3, -0.25) is 9.13 Å². The molecular weight excluding hydrogens is 305 g/mol. The van der Waals surface area contributed by atoms with Crippen LogP contribution in [0.3, 0.4) is 0 Å². The monoisotopic (exact) mass is 321 g/mol. The topological polar surface area (TPSA) is 157 Å². The third-order valence-corrected chi connectivity index (χ3v) is 3.55. The van der Waals surface area contributed by atoms with Crippen LogP contribution in [0.2, 0.25) is 0 Å². The molecule has 2 heterocycles. The van der Waals surface area contributed by atoms with Gasteiger partial charge in [-0.25, -0.2) is 4.79 Å². The maximum absolute atomic E-state index is 11.7. The van der Waals surface area contributed by atoms with Crippen molar-refractivity contribution in [2.45, 2.75) is 31.5 Å². The number of aliphatic hydroxyl groups excluding tert-OH is 1. The number of nitrogens with zero attached hydrogens (tertiary/aromatic N) is 2. The highest BCUT2D eigenvalue weighted by atomic mass is 31.2. The molecular formula is C10H16N3O7P. The Bertz CT molecular complexity index is 629. The molecule has 10 nitrogen and oxygen atoms in total. The van der Waals surface area contributed by atoms with Gasteiger partial charge >= 0.3 is 13.3 Å². The van der Waals surface area contributed by atoms with Gasteiger partial charge in [-0.05, 0) is 13.0 Å². The Hall–Kier alpha value is -1.29. The van der Waals surface area contributed by atoms with Crippen molar-refractivity contribution < 1.29 is 28.9 Å². The first-order valence-corrected chi connectivity index (χ1v) is 7.79. The van der Waals surface area contributed by atoms with Crippen LogP contribution in [-0.4, -0.2) is 42.7 Å². The van der Waals surface area contributed by atoms with E-state index < -0.39 is 37.8 Å². The molecule has 0 spiro atoms. The van der Waals surface area contributed by atoms with E-state index in [4.69, 9.17) is 25.0 Å². The molecule has 5 N–H and O–H groups in total. The van der Waals surface area contributed by atoms with Crippen molar-refractivity contribution >= 4 is 13.4 Å². The smallest absolute Gasteiger partial charge is 0.351 e. The number of anilines is 1. The number of hydrogen-bond donors (Lipinski definition) is 4. The van der Waals surface area contributed by atoms with E-state index in [1.54, 1.807) is 0 Å². The molecule has 118 valence electrons. The minimum atomic E-state index is -4.41. The molecule has 11 heteroatoms. The number of nitrogens with two attached hydrogens (primary N) is 1. The van der Waals surface area contributed by atoms with E-state index in [9.17, 15) is 14.5 Å². The van der Waals surface area contributed by atoms with Gasteiger partial charge in [0.2, 0.25) is 0 Å². The first-order valence-electron chi connectivity index (χ1n) is 6.00. The predicted molar refractivity (Wildman–Crippen MR) is 70.1 cm³/mol. The molecule has 0 amide bonds. The Morgan fingerprint density at radius 2 is 2.33 bits per heavy atom. The summed E-state index contributed by atoms with van der Waals surface area (Å²) in [6.45, 7) is 1.34. The van der Waals surface area contributed by atoms with Crippen molar-refractivity contribution in [3.05, 3.63) is 22.7 Å². The maximum Gasteiger partial charge on any atom is 0.351 e. The van der Waals surface area contributed by atoms with Gasteiger partial charge in [-0.1, -0.05) is 0 Å². The van der Waals surface area contributed by atoms with Crippen LogP contribution in [0.1, 0.15) is 19.6 Å². The Balaban J connectivity index is 2.16. The van der Waals surface area contributed by atoms with E-state index in [-0.39, 0.29) is 12.2 Å². The van der Waals surface area contributed by atoms with E-state index in [0.29, 0.717) is 0 Å². The number of aromatic nitrogens is 2. The summed E-state index contributed by atoms with van der Waals surface area (Å²) in [5, 5.41) is 9.96. The summed E-state index contributed by atoms with van der Waals surface area (Å²) in [4.78, 5) is 32.9. The third-order valence-electron chi connectivity index (χ3n) is 3.08. The second-order valence-electron chi connectivity index (χ2n) is 4.82. The average molecular weight is 321 g/mol. The molecule has 0 aliphatic carbocycles. The van der Waals surface area contributed by atoms with Crippen LogP contribution in [0.15, 0.2) is 17.1 Å². The van der Waals surface area contributed by atoms with Crippen molar-refractivity contribution in [3.8, 4) is 0 Å². The van der Waals surface area contributed by atoms with Gasteiger partial charge in [0, 0.05) is 12.6 Å². The predicted octanol–water partition coefficient (Wildman–Crippen LogP) is -1.03. The first-order chi connectivity index (χ1) is 9.61. The summed E-state index contributed by atoms with van der Waals surface area (Å²) in [5.74, 6) is -1.58. The van der Waals surface area contributed by atoms with Crippen LogP contribution >= 0.6 is 7.60 Å². The molecule has 0 bridgehead atoms. The molecule has 1 aromatic heterocycles. The van der Waals surface area contributed by atoms with Gasteiger partial charge in [0.15, 0.2) is 12.1 Å². The third kappa shape index (κ3) is 3.67. The van der Waals surface area contributed by atoms with Crippen molar-refractivity contribution in [3.63, 3.8) is 0 Å². The van der Waals surface area contributed by atoms with Crippen LogP contribution in [-0.2, 0) is 14.0 Å². The highest BCUT2D eigenvalue weighted by Crippen LogP contribution is 2.41. The lowest BCUT2D eigenvalue weighted by Crippen LogP contribution is -2.39. The minimum Gasteiger partial charge on any atom is -0.387 e. The molecule has 0 radical (unpaired) electrons. The number of rotatable bonds is 4. The lowest BCUT2D eigenvalue weighted by atomic mass is 10.1. The lowest BCUT2D eigenvalue weighted by Gasteiger charge is -2.28. The summed E-state index contributed by atoms with van der Waals surface area (Å²) >= 11 is 0. The zero-order valence-corrected chi connectivity index (χ0v) is 12.0. The van der Waals surface area contributed by atoms with E-state index in [1.165, 1.54) is 19.2 Å². The largest absolute Gasteiger partial charge is 0.387 e. The average Bonchev–Trinajstić information content (AvgIpc) is 2.63. The van der Waals surface area contributed by atoms with E-state index in [1.807, 2.05) is 0 Å². The number of aliphatic hydroxyl groups is 1. The van der Waals surface area contributed by atoms with Gasteiger partial charge in [0.05, 0.1) is 0 Å². The number of nitrogen functional groups attached to an aromatic ring is 1. The van der Waals surface area contributed by atoms with Crippen molar-refractivity contribution in [2.24, 2.45) is 0 Å². The molecule has 3 atom stereocenters. The van der Waals surface area contributed by atoms with Crippen molar-refractivity contribution in [1.82, 2.24) is 9.55 Å². The molecule has 0 saturated carbocycles. The SMILES string of the molecule is C[C@@]1(OCP(=O)(O)O)O[C@@H](n2ccc(N)nc2=O)C[C@@H]1O. The highest BCUT2D eigenvalue weighted by molar-refractivity contribution is 7.51. The molecule has 1 saturated heterocycles. The second-order valence-corrected chi connectivity index (χ2v) is 6.41. The fourth-order valence-electron chi connectivity index (χ4n) is 1.96. The van der Waals surface area contributed by atoms with Gasteiger partial charge in [0.1, 0.15) is 18.1 Å². The summed E-state index contributed by atoms with van der Waals surface area (Å²) in [5.41, 5.74) is 4.72. The highest BCUT2D eigenvalue weighted by Gasteiger charge is 2.47. The molecule has 1 fully saturated rings. The summed E-state index contributed by atoms with van der Waals surface area (Å²) in [7, 11) is -4.41. The van der Waals surface area contributed by atoms with Crippen LogP contribution in [0.5, 0.6) is 0 Å². The number of hydrogen-bond acceptors (Lipinski definition) is 7. The van der Waals surface area contributed by atoms with E-state index >= 15 is 0 Å². The van der Waals surface area contributed by atoms with Crippen LogP contribution in [0, 0.1) is 0 Å². The molecule has 2 rings (SSSR count). The Kier molecular flexibility index (Phi) is 4.20. The molecule has 1 aliphatic heterocycles. The Labute approximate surface area is 119 Å². The van der Waals surface area contributed by atoms with Gasteiger partial charge in [-0.15, -0.1) is 0 Å². The molecule has 0 aromatic carbocycles. The normalized spacial score (nSPS) is 29.7. The van der Waals surface area contributed by atoms with Gasteiger partial charge in [-0.2, -0.15) is 4.98 Å². The molecule has 21 heavy (non-hydrogen) atoms. The second kappa shape index (κ2) is 5.48. The van der Waals surface area contributed by atoms with Crippen LogP contribution in [0.4, 0.5) is 5.82 Å². The zero-order valence-electron chi connectivity index (χ0n) is 11.1. The van der Waals surface area contributed by atoms with Gasteiger partial charge < -0.3 is 30.1 Å². The molecule has 1 aromatic rings. The maximum atomic E-state index is 11.7. The Morgan fingerprint density at radius 1 is 1.67 bits per heavy atom. The fraction of sp³-hybridized carbons (Fsp3) is 0.600. The van der Waals surface area contributed by atoms with Crippen molar-refractivity contribution in [2.75, 3.05) is 12.1 Å². The standard InChI is InChI=1S/C10H16N3O7P/c1-10(19-5-21(16,17)18)6(14)4-8(20-10)13-3-2-7(11)12-9(13)15/h2-3,6,8,14H,4-5H2,1H3,(H2,11,12,15)(H2,16,17,18)/t6-,8+,10+/m0/s1. The summed E-state index contributed by atoms with van der Waals surface area (Å²) in [6, 6.07) is 1.39. The first kappa shape index (κ1) is 16.1.